The Bertz CT molecular complexity index is 539. The van der Waals surface area contributed by atoms with Gasteiger partial charge in [-0.1, -0.05) is 11.6 Å². The van der Waals surface area contributed by atoms with Gasteiger partial charge in [0.2, 0.25) is 0 Å². The summed E-state index contributed by atoms with van der Waals surface area (Å²) < 4.78 is 5.45. The summed E-state index contributed by atoms with van der Waals surface area (Å²) in [5.74, 6) is 1.80. The quantitative estimate of drug-likeness (QED) is 0.433. The topological polar surface area (TPSA) is 40.1 Å². The standard InChI is InChI=1S/C16H25ClN4O.HI/c1-5-18-16(20(2)3)19-13-8-9-21(11-13)14-10-12(17)6-7-15(14)22-4;/h6-7,10,13H,5,8-9,11H2,1-4H3,(H,18,19);1H. The summed E-state index contributed by atoms with van der Waals surface area (Å²) in [4.78, 5) is 8.83. The molecule has 2 rings (SSSR count). The van der Waals surface area contributed by atoms with Crippen LogP contribution in [-0.4, -0.2) is 57.7 Å². The van der Waals surface area contributed by atoms with Crippen molar-refractivity contribution in [3.8, 4) is 5.75 Å². The number of guanidine groups is 1. The zero-order valence-electron chi connectivity index (χ0n) is 14.2. The summed E-state index contributed by atoms with van der Waals surface area (Å²) in [6, 6.07) is 6.11. The lowest BCUT2D eigenvalue weighted by molar-refractivity contribution is 0.415. The minimum Gasteiger partial charge on any atom is -0.495 e. The van der Waals surface area contributed by atoms with Crippen molar-refractivity contribution in [2.75, 3.05) is 45.7 Å². The van der Waals surface area contributed by atoms with E-state index in [0.717, 1.165) is 48.5 Å². The Labute approximate surface area is 161 Å². The number of halogens is 2. The first-order valence-electron chi connectivity index (χ1n) is 7.62. The molecule has 5 nitrogen and oxygen atoms in total. The summed E-state index contributed by atoms with van der Waals surface area (Å²) in [5, 5.41) is 4.26. The monoisotopic (exact) mass is 452 g/mol. The molecule has 1 unspecified atom stereocenters. The van der Waals surface area contributed by atoms with Gasteiger partial charge in [0.25, 0.3) is 0 Å². The Kier molecular flexibility index (Phi) is 8.25. The highest BCUT2D eigenvalue weighted by Gasteiger charge is 2.25. The number of rotatable bonds is 4. The first-order valence-corrected chi connectivity index (χ1v) is 7.99. The summed E-state index contributed by atoms with van der Waals surface area (Å²) in [7, 11) is 5.71. The number of aliphatic imine (C=N–C) groups is 1. The van der Waals surface area contributed by atoms with Crippen LogP contribution in [0.3, 0.4) is 0 Å². The van der Waals surface area contributed by atoms with Gasteiger partial charge in [-0.15, -0.1) is 24.0 Å². The molecule has 1 N–H and O–H groups in total. The summed E-state index contributed by atoms with van der Waals surface area (Å²) >= 11 is 6.13. The van der Waals surface area contributed by atoms with Gasteiger partial charge in [0.05, 0.1) is 12.8 Å². The second-order valence-corrected chi connectivity index (χ2v) is 6.02. The number of ether oxygens (including phenoxy) is 1. The molecule has 0 amide bonds. The van der Waals surface area contributed by atoms with E-state index in [1.807, 2.05) is 44.1 Å². The Hall–Kier alpha value is -0.890. The predicted molar refractivity (Wildman–Crippen MR) is 109 cm³/mol. The Balaban J connectivity index is 0.00000264. The van der Waals surface area contributed by atoms with Crippen LogP contribution in [0.2, 0.25) is 5.02 Å². The van der Waals surface area contributed by atoms with Crippen LogP contribution in [0.4, 0.5) is 5.69 Å². The number of hydrogen-bond acceptors (Lipinski definition) is 3. The number of hydrogen-bond donors (Lipinski definition) is 1. The second kappa shape index (κ2) is 9.42. The lowest BCUT2D eigenvalue weighted by atomic mass is 10.2. The molecule has 1 aromatic rings. The lowest BCUT2D eigenvalue weighted by Gasteiger charge is -2.24. The molecule has 1 fully saturated rings. The van der Waals surface area contributed by atoms with E-state index in [1.54, 1.807) is 7.11 Å². The number of benzene rings is 1. The molecular formula is C16H26ClIN4O. The molecule has 0 bridgehead atoms. The van der Waals surface area contributed by atoms with E-state index < -0.39 is 0 Å². The lowest BCUT2D eigenvalue weighted by Crippen LogP contribution is -2.44. The first-order chi connectivity index (χ1) is 10.5. The third-order valence-corrected chi connectivity index (χ3v) is 3.97. The highest BCUT2D eigenvalue weighted by molar-refractivity contribution is 14.0. The van der Waals surface area contributed by atoms with Gasteiger partial charge in [0.1, 0.15) is 5.75 Å². The average Bonchev–Trinajstić information content (AvgIpc) is 2.95. The molecule has 1 heterocycles. The molecule has 0 radical (unpaired) electrons. The smallest absolute Gasteiger partial charge is 0.193 e. The fourth-order valence-corrected chi connectivity index (χ4v) is 2.82. The maximum Gasteiger partial charge on any atom is 0.193 e. The van der Waals surface area contributed by atoms with Gasteiger partial charge < -0.3 is 19.9 Å². The molecule has 130 valence electrons. The predicted octanol–water partition coefficient (Wildman–Crippen LogP) is 3.07. The SMILES string of the molecule is CCN=C(NC1CCN(c2cc(Cl)ccc2OC)C1)N(C)C.I. The fourth-order valence-electron chi connectivity index (χ4n) is 2.66. The van der Waals surface area contributed by atoms with E-state index in [1.165, 1.54) is 0 Å². The van der Waals surface area contributed by atoms with E-state index >= 15 is 0 Å². The van der Waals surface area contributed by atoms with E-state index in [0.29, 0.717) is 6.04 Å². The minimum absolute atomic E-state index is 0. The molecule has 1 aromatic carbocycles. The third kappa shape index (κ3) is 5.31. The molecule has 0 aliphatic carbocycles. The molecule has 1 atom stereocenters. The van der Waals surface area contributed by atoms with Gasteiger partial charge in [-0.3, -0.25) is 4.99 Å². The highest BCUT2D eigenvalue weighted by atomic mass is 127. The van der Waals surface area contributed by atoms with Crippen LogP contribution in [0.5, 0.6) is 5.75 Å². The van der Waals surface area contributed by atoms with E-state index in [-0.39, 0.29) is 24.0 Å². The van der Waals surface area contributed by atoms with E-state index in [9.17, 15) is 0 Å². The van der Waals surface area contributed by atoms with Crippen molar-refractivity contribution in [2.24, 2.45) is 4.99 Å². The van der Waals surface area contributed by atoms with Gasteiger partial charge in [-0.2, -0.15) is 0 Å². The largest absolute Gasteiger partial charge is 0.495 e. The maximum atomic E-state index is 6.13. The van der Waals surface area contributed by atoms with Crippen molar-refractivity contribution < 1.29 is 4.74 Å². The molecule has 0 aromatic heterocycles. The van der Waals surface area contributed by atoms with Crippen molar-refractivity contribution in [2.45, 2.75) is 19.4 Å². The number of methoxy groups -OCH3 is 1. The second-order valence-electron chi connectivity index (χ2n) is 5.58. The fraction of sp³-hybridized carbons (Fsp3) is 0.562. The van der Waals surface area contributed by atoms with Crippen LogP contribution in [0, 0.1) is 0 Å². The minimum atomic E-state index is 0. The van der Waals surface area contributed by atoms with Gasteiger partial charge in [0.15, 0.2) is 5.96 Å². The van der Waals surface area contributed by atoms with E-state index in [2.05, 4.69) is 15.2 Å². The van der Waals surface area contributed by atoms with Crippen LogP contribution in [-0.2, 0) is 0 Å². The first kappa shape index (κ1) is 20.2. The number of nitrogens with zero attached hydrogens (tertiary/aromatic N) is 3. The molecule has 1 saturated heterocycles. The summed E-state index contributed by atoms with van der Waals surface area (Å²) in [6.07, 6.45) is 1.06. The third-order valence-electron chi connectivity index (χ3n) is 3.73. The van der Waals surface area contributed by atoms with Gasteiger partial charge in [-0.05, 0) is 31.5 Å². The van der Waals surface area contributed by atoms with Crippen molar-refractivity contribution >= 4 is 47.2 Å². The molecule has 7 heteroatoms. The van der Waals surface area contributed by atoms with Gasteiger partial charge >= 0.3 is 0 Å². The zero-order chi connectivity index (χ0) is 16.1. The Morgan fingerprint density at radius 3 is 2.83 bits per heavy atom. The Morgan fingerprint density at radius 2 is 2.22 bits per heavy atom. The van der Waals surface area contributed by atoms with Crippen molar-refractivity contribution in [1.82, 2.24) is 10.2 Å². The highest BCUT2D eigenvalue weighted by Crippen LogP contribution is 2.33. The molecule has 1 aliphatic rings. The van der Waals surface area contributed by atoms with Gasteiger partial charge in [-0.25, -0.2) is 0 Å². The molecule has 0 spiro atoms. The van der Waals surface area contributed by atoms with Gasteiger partial charge in [0, 0.05) is 44.8 Å². The summed E-state index contributed by atoms with van der Waals surface area (Å²) in [5.41, 5.74) is 1.05. The molecule has 0 saturated carbocycles. The van der Waals surface area contributed by atoms with Crippen LogP contribution >= 0.6 is 35.6 Å². The number of nitrogens with one attached hydrogen (secondary N) is 1. The maximum absolute atomic E-state index is 6.13. The number of anilines is 1. The molecular weight excluding hydrogens is 427 g/mol. The molecule has 23 heavy (non-hydrogen) atoms. The van der Waals surface area contributed by atoms with Crippen molar-refractivity contribution in [1.29, 1.82) is 0 Å². The van der Waals surface area contributed by atoms with Crippen LogP contribution in [0.25, 0.3) is 0 Å². The van der Waals surface area contributed by atoms with Crippen LogP contribution in [0.1, 0.15) is 13.3 Å². The van der Waals surface area contributed by atoms with Crippen LogP contribution < -0.4 is 15.0 Å². The van der Waals surface area contributed by atoms with Crippen LogP contribution in [0.15, 0.2) is 23.2 Å². The van der Waals surface area contributed by atoms with Crippen molar-refractivity contribution in [3.63, 3.8) is 0 Å². The van der Waals surface area contributed by atoms with Crippen molar-refractivity contribution in [3.05, 3.63) is 23.2 Å². The summed E-state index contributed by atoms with van der Waals surface area (Å²) in [6.45, 7) is 4.70. The average molecular weight is 453 g/mol. The normalized spacial score (nSPS) is 17.7. The Morgan fingerprint density at radius 1 is 1.48 bits per heavy atom. The van der Waals surface area contributed by atoms with E-state index in [4.69, 9.17) is 16.3 Å². The molecule has 1 aliphatic heterocycles. The zero-order valence-corrected chi connectivity index (χ0v) is 17.3.